The third kappa shape index (κ3) is 6.67. The predicted octanol–water partition coefficient (Wildman–Crippen LogP) is 4.42. The summed E-state index contributed by atoms with van der Waals surface area (Å²) in [5.74, 6) is 0.215. The third-order valence-corrected chi connectivity index (χ3v) is 4.16. The van der Waals surface area contributed by atoms with Gasteiger partial charge in [-0.1, -0.05) is 32.4 Å². The van der Waals surface area contributed by atoms with E-state index < -0.39 is 6.36 Å². The Morgan fingerprint density at radius 3 is 2.38 bits per heavy atom. The van der Waals surface area contributed by atoms with Crippen LogP contribution in [0.25, 0.3) is 0 Å². The quantitative estimate of drug-likeness (QED) is 0.807. The van der Waals surface area contributed by atoms with Gasteiger partial charge in [0.25, 0.3) is 0 Å². The Bertz CT molecular complexity index is 483. The van der Waals surface area contributed by atoms with Crippen LogP contribution < -0.4 is 10.1 Å². The minimum Gasteiger partial charge on any atom is -0.406 e. The monoisotopic (exact) mass is 388 g/mol. The predicted molar refractivity (Wildman–Crippen MR) is 94.3 cm³/mol. The first-order valence-electron chi connectivity index (χ1n) is 7.71. The summed E-state index contributed by atoms with van der Waals surface area (Å²) in [4.78, 5) is 2.34. The molecule has 0 aliphatic carbocycles. The topological polar surface area (TPSA) is 24.5 Å². The van der Waals surface area contributed by atoms with E-state index in [1.807, 2.05) is 6.07 Å². The molecule has 0 saturated carbocycles. The standard InChI is InChI=1S/C16H23F3N2O.2ClH/c1-3-12(2)15(21-9-7-20-8-10-21)13-5-4-6-14(11-13)22-16(17,18)19;;/h4-6,11-12,15,20H,3,7-10H2,1-2H3;2*1H/t12?,15-;;/m0../s1. The average Bonchev–Trinajstić information content (AvgIpc) is 2.47. The van der Waals surface area contributed by atoms with Gasteiger partial charge in [-0.3, -0.25) is 4.90 Å². The van der Waals surface area contributed by atoms with Crippen molar-refractivity contribution in [3.8, 4) is 5.75 Å². The molecule has 0 radical (unpaired) electrons. The number of hydrogen-bond acceptors (Lipinski definition) is 3. The molecule has 1 aromatic rings. The van der Waals surface area contributed by atoms with Crippen LogP contribution in [-0.4, -0.2) is 37.4 Å². The van der Waals surface area contributed by atoms with Crippen LogP contribution in [0.2, 0.25) is 0 Å². The number of nitrogens with one attached hydrogen (secondary N) is 1. The summed E-state index contributed by atoms with van der Waals surface area (Å²) in [7, 11) is 0. The summed E-state index contributed by atoms with van der Waals surface area (Å²) in [5.41, 5.74) is 0.887. The fourth-order valence-electron chi connectivity index (χ4n) is 2.98. The van der Waals surface area contributed by atoms with Crippen LogP contribution in [0.5, 0.6) is 5.75 Å². The Balaban J connectivity index is 0.00000264. The third-order valence-electron chi connectivity index (χ3n) is 4.16. The molecule has 24 heavy (non-hydrogen) atoms. The molecule has 0 bridgehead atoms. The summed E-state index contributed by atoms with van der Waals surface area (Å²) < 4.78 is 41.3. The van der Waals surface area contributed by atoms with Crippen LogP contribution in [-0.2, 0) is 0 Å². The second-order valence-corrected chi connectivity index (χ2v) is 5.74. The molecule has 1 aliphatic heterocycles. The molecular weight excluding hydrogens is 364 g/mol. The second-order valence-electron chi connectivity index (χ2n) is 5.74. The van der Waals surface area contributed by atoms with Gasteiger partial charge in [0, 0.05) is 32.2 Å². The zero-order valence-corrected chi connectivity index (χ0v) is 15.4. The molecule has 140 valence electrons. The summed E-state index contributed by atoms with van der Waals surface area (Å²) in [6.45, 7) is 7.87. The number of nitrogens with zero attached hydrogens (tertiary/aromatic N) is 1. The number of alkyl halides is 3. The first-order valence-corrected chi connectivity index (χ1v) is 7.71. The molecule has 1 aliphatic rings. The molecule has 1 unspecified atom stereocenters. The van der Waals surface area contributed by atoms with Gasteiger partial charge < -0.3 is 10.1 Å². The van der Waals surface area contributed by atoms with Gasteiger partial charge in [-0.25, -0.2) is 0 Å². The Labute approximate surface area is 153 Å². The van der Waals surface area contributed by atoms with Crippen molar-refractivity contribution in [2.75, 3.05) is 26.2 Å². The van der Waals surface area contributed by atoms with Gasteiger partial charge in [0.15, 0.2) is 0 Å². The van der Waals surface area contributed by atoms with E-state index in [1.165, 1.54) is 12.1 Å². The summed E-state index contributed by atoms with van der Waals surface area (Å²) in [6.07, 6.45) is -3.68. The summed E-state index contributed by atoms with van der Waals surface area (Å²) in [6, 6.07) is 6.51. The van der Waals surface area contributed by atoms with E-state index in [0.29, 0.717) is 5.92 Å². The maximum atomic E-state index is 12.4. The lowest BCUT2D eigenvalue weighted by Crippen LogP contribution is -2.46. The normalized spacial score (nSPS) is 18.0. The first kappa shape index (κ1) is 23.3. The molecule has 3 nitrogen and oxygen atoms in total. The van der Waals surface area contributed by atoms with Gasteiger partial charge in [-0.05, 0) is 23.6 Å². The number of benzene rings is 1. The van der Waals surface area contributed by atoms with E-state index in [1.54, 1.807) is 6.07 Å². The smallest absolute Gasteiger partial charge is 0.406 e. The van der Waals surface area contributed by atoms with Gasteiger partial charge in [0.05, 0.1) is 0 Å². The Morgan fingerprint density at radius 1 is 1.21 bits per heavy atom. The maximum absolute atomic E-state index is 12.4. The molecular formula is C16H25Cl2F3N2O. The van der Waals surface area contributed by atoms with E-state index in [2.05, 4.69) is 28.8 Å². The Morgan fingerprint density at radius 2 is 1.83 bits per heavy atom. The van der Waals surface area contributed by atoms with Gasteiger partial charge in [0.1, 0.15) is 5.75 Å². The summed E-state index contributed by atoms with van der Waals surface area (Å²) >= 11 is 0. The lowest BCUT2D eigenvalue weighted by atomic mass is 9.90. The largest absolute Gasteiger partial charge is 0.573 e. The molecule has 1 saturated heterocycles. The number of halogens is 5. The lowest BCUT2D eigenvalue weighted by molar-refractivity contribution is -0.274. The van der Waals surface area contributed by atoms with Crippen LogP contribution in [0.15, 0.2) is 24.3 Å². The SMILES string of the molecule is CCC(C)[C@@H](c1cccc(OC(F)(F)F)c1)N1CCNCC1.Cl.Cl. The van der Waals surface area contributed by atoms with Crippen LogP contribution in [0.1, 0.15) is 31.9 Å². The fourth-order valence-corrected chi connectivity index (χ4v) is 2.98. The molecule has 1 aromatic carbocycles. The highest BCUT2D eigenvalue weighted by Gasteiger charge is 2.32. The molecule has 0 amide bonds. The maximum Gasteiger partial charge on any atom is 0.573 e. The van der Waals surface area contributed by atoms with Gasteiger partial charge >= 0.3 is 6.36 Å². The van der Waals surface area contributed by atoms with Crippen molar-refractivity contribution in [2.24, 2.45) is 5.92 Å². The van der Waals surface area contributed by atoms with Crippen molar-refractivity contribution < 1.29 is 17.9 Å². The zero-order valence-electron chi connectivity index (χ0n) is 13.8. The molecule has 1 N–H and O–H groups in total. The van der Waals surface area contributed by atoms with Crippen molar-refractivity contribution in [1.29, 1.82) is 0 Å². The van der Waals surface area contributed by atoms with E-state index in [0.717, 1.165) is 38.2 Å². The number of ether oxygens (including phenoxy) is 1. The molecule has 2 atom stereocenters. The highest BCUT2D eigenvalue weighted by atomic mass is 35.5. The highest BCUT2D eigenvalue weighted by Crippen LogP contribution is 2.33. The molecule has 1 fully saturated rings. The van der Waals surface area contributed by atoms with Crippen LogP contribution >= 0.6 is 24.8 Å². The summed E-state index contributed by atoms with van der Waals surface area (Å²) in [5, 5.41) is 3.31. The van der Waals surface area contributed by atoms with Gasteiger partial charge in [-0.2, -0.15) is 0 Å². The van der Waals surface area contributed by atoms with E-state index in [4.69, 9.17) is 0 Å². The lowest BCUT2D eigenvalue weighted by Gasteiger charge is -2.38. The molecule has 0 spiro atoms. The minimum atomic E-state index is -4.65. The van der Waals surface area contributed by atoms with Crippen molar-refractivity contribution in [1.82, 2.24) is 10.2 Å². The van der Waals surface area contributed by atoms with Crippen molar-refractivity contribution in [2.45, 2.75) is 32.7 Å². The number of rotatable bonds is 5. The zero-order chi connectivity index (χ0) is 16.2. The molecule has 1 heterocycles. The first-order chi connectivity index (χ1) is 10.4. The fraction of sp³-hybridized carbons (Fsp3) is 0.625. The van der Waals surface area contributed by atoms with Crippen molar-refractivity contribution in [3.63, 3.8) is 0 Å². The minimum absolute atomic E-state index is 0. The van der Waals surface area contributed by atoms with E-state index in [9.17, 15) is 13.2 Å². The van der Waals surface area contributed by atoms with Crippen LogP contribution in [0.3, 0.4) is 0 Å². The Hall–Kier alpha value is -0.690. The Kier molecular flexibility index (Phi) is 10.0. The second kappa shape index (κ2) is 10.3. The average molecular weight is 389 g/mol. The number of piperazine rings is 1. The van der Waals surface area contributed by atoms with Crippen molar-refractivity contribution in [3.05, 3.63) is 29.8 Å². The highest BCUT2D eigenvalue weighted by molar-refractivity contribution is 5.85. The molecule has 0 aromatic heterocycles. The molecule has 8 heteroatoms. The van der Waals surface area contributed by atoms with Gasteiger partial charge in [-0.15, -0.1) is 38.0 Å². The van der Waals surface area contributed by atoms with E-state index in [-0.39, 0.29) is 36.6 Å². The molecule has 2 rings (SSSR count). The van der Waals surface area contributed by atoms with Crippen molar-refractivity contribution >= 4 is 24.8 Å². The number of hydrogen-bond donors (Lipinski definition) is 1. The van der Waals surface area contributed by atoms with Gasteiger partial charge in [0.2, 0.25) is 0 Å². The van der Waals surface area contributed by atoms with Crippen LogP contribution in [0.4, 0.5) is 13.2 Å². The van der Waals surface area contributed by atoms with E-state index >= 15 is 0 Å². The van der Waals surface area contributed by atoms with Crippen LogP contribution in [0, 0.1) is 5.92 Å².